The Balaban J connectivity index is 2.14. The molecule has 0 spiro atoms. The molecule has 1 N–H and O–H groups in total. The van der Waals surface area contributed by atoms with Crippen molar-refractivity contribution in [1.82, 2.24) is 9.55 Å². The first kappa shape index (κ1) is 14.7. The zero-order valence-corrected chi connectivity index (χ0v) is 12.2. The highest BCUT2D eigenvalue weighted by molar-refractivity contribution is 5.79. The average molecular weight is 306 g/mol. The summed E-state index contributed by atoms with van der Waals surface area (Å²) in [7, 11) is 0. The molecule has 0 radical (unpaired) electrons. The molecule has 114 valence electrons. The molecule has 0 bridgehead atoms. The van der Waals surface area contributed by atoms with E-state index in [0.717, 1.165) is 5.56 Å². The van der Waals surface area contributed by atoms with Crippen molar-refractivity contribution in [2.24, 2.45) is 0 Å². The van der Waals surface area contributed by atoms with E-state index in [1.165, 1.54) is 4.57 Å². The summed E-state index contributed by atoms with van der Waals surface area (Å²) < 4.78 is 1.23. The lowest BCUT2D eigenvalue weighted by Gasteiger charge is -2.08. The Labute approximate surface area is 132 Å². The molecule has 23 heavy (non-hydrogen) atoms. The summed E-state index contributed by atoms with van der Waals surface area (Å²) in [6, 6.07) is 16.5. The van der Waals surface area contributed by atoms with Crippen molar-refractivity contribution in [3.8, 4) is 0 Å². The van der Waals surface area contributed by atoms with Crippen molar-refractivity contribution in [2.45, 2.75) is 6.54 Å². The van der Waals surface area contributed by atoms with Gasteiger partial charge in [-0.2, -0.15) is 0 Å². The lowest BCUT2D eigenvalue weighted by molar-refractivity contribution is -0.137. The predicted octanol–water partition coefficient (Wildman–Crippen LogP) is 2.65. The van der Waals surface area contributed by atoms with E-state index in [-0.39, 0.29) is 5.69 Å². The number of carbonyl (C=O) groups is 1. The third-order valence-corrected chi connectivity index (χ3v) is 3.40. The second-order valence-corrected chi connectivity index (χ2v) is 5.01. The molecular weight excluding hydrogens is 292 g/mol. The smallest absolute Gasteiger partial charge is 0.323 e. The van der Waals surface area contributed by atoms with Gasteiger partial charge in [0.1, 0.15) is 12.2 Å². The van der Waals surface area contributed by atoms with Crippen LogP contribution in [0.15, 0.2) is 59.4 Å². The van der Waals surface area contributed by atoms with Crippen LogP contribution in [0.2, 0.25) is 0 Å². The summed E-state index contributed by atoms with van der Waals surface area (Å²) in [6.07, 6.45) is 3.39. The Hall–Kier alpha value is -3.21. The summed E-state index contributed by atoms with van der Waals surface area (Å²) in [5, 5.41) is 9.05. The summed E-state index contributed by atoms with van der Waals surface area (Å²) in [6.45, 7) is -0.395. The van der Waals surface area contributed by atoms with Gasteiger partial charge in [0.05, 0.1) is 11.0 Å². The second kappa shape index (κ2) is 6.27. The topological polar surface area (TPSA) is 72.2 Å². The fraction of sp³-hybridized carbons (Fsp3) is 0.0556. The molecule has 0 aliphatic rings. The van der Waals surface area contributed by atoms with Gasteiger partial charge < -0.3 is 5.11 Å². The first-order valence-corrected chi connectivity index (χ1v) is 7.09. The number of carboxylic acids is 1. The maximum absolute atomic E-state index is 12.5. The SMILES string of the molecule is O=C(O)Cn1c(=O)c(/C=C/c2ccccc2)nc2ccccc21. The van der Waals surface area contributed by atoms with E-state index >= 15 is 0 Å². The number of hydrogen-bond donors (Lipinski definition) is 1. The molecule has 3 rings (SSSR count). The van der Waals surface area contributed by atoms with Gasteiger partial charge >= 0.3 is 5.97 Å². The van der Waals surface area contributed by atoms with Gasteiger partial charge in [-0.1, -0.05) is 48.5 Å². The monoisotopic (exact) mass is 306 g/mol. The van der Waals surface area contributed by atoms with Crippen LogP contribution in [0.5, 0.6) is 0 Å². The minimum atomic E-state index is -1.07. The first-order valence-electron chi connectivity index (χ1n) is 7.09. The number of rotatable bonds is 4. The summed E-state index contributed by atoms with van der Waals surface area (Å²) in [5.41, 5.74) is 1.83. The van der Waals surface area contributed by atoms with Crippen LogP contribution in [-0.2, 0) is 11.3 Å². The van der Waals surface area contributed by atoms with Gasteiger partial charge in [-0.05, 0) is 23.8 Å². The molecule has 0 amide bonds. The molecule has 0 saturated carbocycles. The van der Waals surface area contributed by atoms with E-state index in [9.17, 15) is 9.59 Å². The molecule has 0 saturated heterocycles. The molecule has 0 unspecified atom stereocenters. The Bertz CT molecular complexity index is 943. The van der Waals surface area contributed by atoms with Crippen molar-refractivity contribution >= 4 is 29.2 Å². The highest BCUT2D eigenvalue weighted by Crippen LogP contribution is 2.11. The van der Waals surface area contributed by atoms with Crippen molar-refractivity contribution in [2.75, 3.05) is 0 Å². The van der Waals surface area contributed by atoms with Gasteiger partial charge in [0.2, 0.25) is 0 Å². The molecule has 3 aromatic rings. The van der Waals surface area contributed by atoms with E-state index in [1.807, 2.05) is 30.3 Å². The van der Waals surface area contributed by atoms with E-state index in [4.69, 9.17) is 5.11 Å². The summed E-state index contributed by atoms with van der Waals surface area (Å²) in [4.78, 5) is 27.9. The van der Waals surface area contributed by atoms with Gasteiger partial charge in [0, 0.05) is 0 Å². The number of aromatic nitrogens is 2. The van der Waals surface area contributed by atoms with Crippen LogP contribution in [0, 0.1) is 0 Å². The molecular formula is C18H14N2O3. The highest BCUT2D eigenvalue weighted by Gasteiger charge is 2.11. The fourth-order valence-corrected chi connectivity index (χ4v) is 2.35. The maximum Gasteiger partial charge on any atom is 0.323 e. The number of carboxylic acid groups (broad SMARTS) is 1. The quantitative estimate of drug-likeness (QED) is 0.804. The highest BCUT2D eigenvalue weighted by atomic mass is 16.4. The molecule has 5 heteroatoms. The maximum atomic E-state index is 12.5. The summed E-state index contributed by atoms with van der Waals surface area (Å²) in [5.74, 6) is -1.07. The lowest BCUT2D eigenvalue weighted by Crippen LogP contribution is -2.27. The van der Waals surface area contributed by atoms with Crippen LogP contribution in [0.1, 0.15) is 11.3 Å². The molecule has 0 aliphatic heterocycles. The number of aliphatic carboxylic acids is 1. The molecule has 0 fully saturated rings. The van der Waals surface area contributed by atoms with E-state index in [0.29, 0.717) is 11.0 Å². The Morgan fingerprint density at radius 1 is 1.04 bits per heavy atom. The largest absolute Gasteiger partial charge is 0.480 e. The Kier molecular flexibility index (Phi) is 4.01. The molecule has 1 aromatic heterocycles. The minimum Gasteiger partial charge on any atom is -0.480 e. The van der Waals surface area contributed by atoms with E-state index in [1.54, 1.807) is 36.4 Å². The van der Waals surface area contributed by atoms with Crippen molar-refractivity contribution in [3.63, 3.8) is 0 Å². The molecule has 1 heterocycles. The summed E-state index contributed by atoms with van der Waals surface area (Å²) >= 11 is 0. The molecule has 2 aromatic carbocycles. The number of fused-ring (bicyclic) bond motifs is 1. The predicted molar refractivity (Wildman–Crippen MR) is 89.0 cm³/mol. The molecule has 0 aliphatic carbocycles. The lowest BCUT2D eigenvalue weighted by atomic mass is 10.2. The van der Waals surface area contributed by atoms with Crippen LogP contribution >= 0.6 is 0 Å². The van der Waals surface area contributed by atoms with Crippen LogP contribution in [0.3, 0.4) is 0 Å². The number of para-hydroxylation sites is 2. The Morgan fingerprint density at radius 2 is 1.74 bits per heavy atom. The van der Waals surface area contributed by atoms with Crippen LogP contribution in [0.25, 0.3) is 23.2 Å². The number of hydrogen-bond acceptors (Lipinski definition) is 3. The number of nitrogens with zero attached hydrogens (tertiary/aromatic N) is 2. The number of benzene rings is 2. The standard InChI is InChI=1S/C18H14N2O3/c21-17(22)12-20-16-9-5-4-8-14(16)19-15(18(20)23)11-10-13-6-2-1-3-7-13/h1-11H,12H2,(H,21,22)/b11-10+. The molecule has 5 nitrogen and oxygen atoms in total. The van der Waals surface area contributed by atoms with Crippen molar-refractivity contribution in [3.05, 3.63) is 76.2 Å². The Morgan fingerprint density at radius 3 is 2.48 bits per heavy atom. The van der Waals surface area contributed by atoms with E-state index in [2.05, 4.69) is 4.98 Å². The van der Waals surface area contributed by atoms with E-state index < -0.39 is 18.1 Å². The van der Waals surface area contributed by atoms with Crippen LogP contribution in [-0.4, -0.2) is 20.6 Å². The van der Waals surface area contributed by atoms with Gasteiger partial charge in [0.25, 0.3) is 5.56 Å². The average Bonchev–Trinajstić information content (AvgIpc) is 2.56. The van der Waals surface area contributed by atoms with Crippen LogP contribution in [0.4, 0.5) is 0 Å². The molecule has 0 atom stereocenters. The van der Waals surface area contributed by atoms with Gasteiger partial charge in [-0.3, -0.25) is 14.2 Å². The third-order valence-electron chi connectivity index (χ3n) is 3.40. The third kappa shape index (κ3) is 3.18. The van der Waals surface area contributed by atoms with Gasteiger partial charge in [0.15, 0.2) is 0 Å². The van der Waals surface area contributed by atoms with Gasteiger partial charge in [-0.15, -0.1) is 0 Å². The fourth-order valence-electron chi connectivity index (χ4n) is 2.35. The minimum absolute atomic E-state index is 0.216. The van der Waals surface area contributed by atoms with Crippen LogP contribution < -0.4 is 5.56 Å². The zero-order chi connectivity index (χ0) is 16.2. The second-order valence-electron chi connectivity index (χ2n) is 5.01. The zero-order valence-electron chi connectivity index (χ0n) is 12.2. The first-order chi connectivity index (χ1) is 11.1. The normalized spacial score (nSPS) is 11.1. The van der Waals surface area contributed by atoms with Crippen molar-refractivity contribution < 1.29 is 9.90 Å². The van der Waals surface area contributed by atoms with Crippen molar-refractivity contribution in [1.29, 1.82) is 0 Å². The van der Waals surface area contributed by atoms with Gasteiger partial charge in [-0.25, -0.2) is 4.98 Å².